The summed E-state index contributed by atoms with van der Waals surface area (Å²) in [5.41, 5.74) is 0. The van der Waals surface area contributed by atoms with Gasteiger partial charge in [0, 0.05) is 20.2 Å². The van der Waals surface area contributed by atoms with Gasteiger partial charge >= 0.3 is 0 Å². The second-order valence-corrected chi connectivity index (χ2v) is 4.26. The third kappa shape index (κ3) is 2.42. The van der Waals surface area contributed by atoms with Gasteiger partial charge in [0.05, 0.1) is 18.8 Å². The van der Waals surface area contributed by atoms with Crippen molar-refractivity contribution >= 4 is 0 Å². The van der Waals surface area contributed by atoms with E-state index < -0.39 is 0 Å². The van der Waals surface area contributed by atoms with Crippen LogP contribution in [0.1, 0.15) is 13.3 Å². The Bertz CT molecular complexity index is 170. The van der Waals surface area contributed by atoms with Crippen molar-refractivity contribution < 1.29 is 9.47 Å². The third-order valence-electron chi connectivity index (χ3n) is 3.14. The van der Waals surface area contributed by atoms with Gasteiger partial charge in [0.15, 0.2) is 0 Å². The molecule has 2 rings (SSSR count). The summed E-state index contributed by atoms with van der Waals surface area (Å²) in [6.45, 7) is 6.63. The summed E-state index contributed by atoms with van der Waals surface area (Å²) in [5.74, 6) is 0.710. The van der Waals surface area contributed by atoms with Crippen LogP contribution in [0.25, 0.3) is 0 Å². The highest BCUT2D eigenvalue weighted by molar-refractivity contribution is 4.82. The SMILES string of the molecule is COC1CN(CC2CO2)CCC1C. The van der Waals surface area contributed by atoms with E-state index in [0.29, 0.717) is 18.1 Å². The number of hydrogen-bond donors (Lipinski definition) is 0. The molecule has 13 heavy (non-hydrogen) atoms. The zero-order valence-electron chi connectivity index (χ0n) is 8.53. The zero-order valence-corrected chi connectivity index (χ0v) is 8.53. The van der Waals surface area contributed by atoms with Gasteiger partial charge in [-0.25, -0.2) is 0 Å². The van der Waals surface area contributed by atoms with Crippen molar-refractivity contribution in [3.05, 3.63) is 0 Å². The molecule has 0 radical (unpaired) electrons. The first-order valence-electron chi connectivity index (χ1n) is 5.16. The average Bonchev–Trinajstić information content (AvgIpc) is 2.92. The highest BCUT2D eigenvalue weighted by Crippen LogP contribution is 2.21. The molecule has 2 aliphatic heterocycles. The summed E-state index contributed by atoms with van der Waals surface area (Å²) in [6.07, 6.45) is 2.20. The highest BCUT2D eigenvalue weighted by atomic mass is 16.6. The van der Waals surface area contributed by atoms with E-state index in [4.69, 9.17) is 9.47 Å². The molecule has 3 atom stereocenters. The number of piperidine rings is 1. The van der Waals surface area contributed by atoms with E-state index in [1.807, 2.05) is 7.11 Å². The lowest BCUT2D eigenvalue weighted by molar-refractivity contribution is -0.00647. The number of nitrogens with zero attached hydrogens (tertiary/aromatic N) is 1. The monoisotopic (exact) mass is 185 g/mol. The predicted molar refractivity (Wildman–Crippen MR) is 50.8 cm³/mol. The van der Waals surface area contributed by atoms with Gasteiger partial charge < -0.3 is 9.47 Å². The molecule has 0 aliphatic carbocycles. The first-order valence-corrected chi connectivity index (χ1v) is 5.16. The number of methoxy groups -OCH3 is 1. The molecule has 3 unspecified atom stereocenters. The molecule has 2 aliphatic rings. The van der Waals surface area contributed by atoms with Crippen LogP contribution in [0.3, 0.4) is 0 Å². The van der Waals surface area contributed by atoms with Crippen molar-refractivity contribution in [2.75, 3.05) is 33.4 Å². The van der Waals surface area contributed by atoms with Crippen molar-refractivity contribution in [3.63, 3.8) is 0 Å². The van der Waals surface area contributed by atoms with Crippen LogP contribution in [0, 0.1) is 5.92 Å². The number of hydrogen-bond acceptors (Lipinski definition) is 3. The fourth-order valence-corrected chi connectivity index (χ4v) is 2.03. The Kier molecular flexibility index (Phi) is 2.86. The molecule has 0 saturated carbocycles. The molecule has 3 heteroatoms. The van der Waals surface area contributed by atoms with Crippen LogP contribution in [0.5, 0.6) is 0 Å². The first-order chi connectivity index (χ1) is 6.29. The van der Waals surface area contributed by atoms with E-state index in [1.165, 1.54) is 13.0 Å². The summed E-state index contributed by atoms with van der Waals surface area (Å²) in [4.78, 5) is 2.46. The minimum absolute atomic E-state index is 0.424. The standard InChI is InChI=1S/C10H19NO2/c1-8-3-4-11(5-9-7-13-9)6-10(8)12-2/h8-10H,3-7H2,1-2H3. The lowest BCUT2D eigenvalue weighted by Gasteiger charge is -2.35. The molecule has 0 aromatic rings. The van der Waals surface area contributed by atoms with Gasteiger partial charge in [0.1, 0.15) is 0 Å². The molecular formula is C10H19NO2. The molecule has 0 aromatic carbocycles. The second kappa shape index (κ2) is 3.95. The zero-order chi connectivity index (χ0) is 9.26. The number of ether oxygens (including phenoxy) is 2. The molecule has 2 heterocycles. The van der Waals surface area contributed by atoms with E-state index in [9.17, 15) is 0 Å². The van der Waals surface area contributed by atoms with Crippen molar-refractivity contribution in [1.82, 2.24) is 4.90 Å². The molecule has 2 fully saturated rings. The molecule has 2 saturated heterocycles. The van der Waals surface area contributed by atoms with Gasteiger partial charge in [0.2, 0.25) is 0 Å². The van der Waals surface area contributed by atoms with Crippen LogP contribution in [0.4, 0.5) is 0 Å². The van der Waals surface area contributed by atoms with E-state index in [0.717, 1.165) is 19.7 Å². The maximum atomic E-state index is 5.45. The summed E-state index contributed by atoms with van der Waals surface area (Å²) in [5, 5.41) is 0. The molecule has 0 aromatic heterocycles. The number of likely N-dealkylation sites (tertiary alicyclic amines) is 1. The summed E-state index contributed by atoms with van der Waals surface area (Å²) < 4.78 is 10.7. The molecule has 0 spiro atoms. The quantitative estimate of drug-likeness (QED) is 0.606. The van der Waals surface area contributed by atoms with E-state index in [-0.39, 0.29) is 0 Å². The summed E-state index contributed by atoms with van der Waals surface area (Å²) in [7, 11) is 1.82. The van der Waals surface area contributed by atoms with Crippen LogP contribution < -0.4 is 0 Å². The smallest absolute Gasteiger partial charge is 0.0936 e. The van der Waals surface area contributed by atoms with Gasteiger partial charge in [-0.05, 0) is 18.9 Å². The Balaban J connectivity index is 1.78. The van der Waals surface area contributed by atoms with Crippen molar-refractivity contribution in [1.29, 1.82) is 0 Å². The first kappa shape index (κ1) is 9.44. The van der Waals surface area contributed by atoms with Gasteiger partial charge in [-0.1, -0.05) is 6.92 Å². The lowest BCUT2D eigenvalue weighted by Crippen LogP contribution is -2.45. The summed E-state index contributed by atoms with van der Waals surface area (Å²) in [6, 6.07) is 0. The van der Waals surface area contributed by atoms with Crippen LogP contribution >= 0.6 is 0 Å². The van der Waals surface area contributed by atoms with Gasteiger partial charge in [-0.2, -0.15) is 0 Å². The largest absolute Gasteiger partial charge is 0.380 e. The van der Waals surface area contributed by atoms with Crippen LogP contribution in [0.15, 0.2) is 0 Å². The van der Waals surface area contributed by atoms with Crippen molar-refractivity contribution in [2.45, 2.75) is 25.6 Å². The average molecular weight is 185 g/mol. The van der Waals surface area contributed by atoms with E-state index >= 15 is 0 Å². The second-order valence-electron chi connectivity index (χ2n) is 4.26. The Morgan fingerprint density at radius 3 is 2.92 bits per heavy atom. The maximum Gasteiger partial charge on any atom is 0.0936 e. The Morgan fingerprint density at radius 2 is 2.31 bits per heavy atom. The minimum atomic E-state index is 0.424. The minimum Gasteiger partial charge on any atom is -0.380 e. The predicted octanol–water partition coefficient (Wildman–Crippen LogP) is 0.742. The summed E-state index contributed by atoms with van der Waals surface area (Å²) >= 11 is 0. The molecule has 0 bridgehead atoms. The van der Waals surface area contributed by atoms with E-state index in [2.05, 4.69) is 11.8 Å². The number of epoxide rings is 1. The van der Waals surface area contributed by atoms with E-state index in [1.54, 1.807) is 0 Å². The Morgan fingerprint density at radius 1 is 1.54 bits per heavy atom. The Labute approximate surface area is 80.0 Å². The van der Waals surface area contributed by atoms with Gasteiger partial charge in [-0.15, -0.1) is 0 Å². The molecule has 0 amide bonds. The Hall–Kier alpha value is -0.120. The van der Waals surface area contributed by atoms with Gasteiger partial charge in [-0.3, -0.25) is 4.90 Å². The van der Waals surface area contributed by atoms with Crippen LogP contribution in [-0.4, -0.2) is 50.5 Å². The molecule has 0 N–H and O–H groups in total. The van der Waals surface area contributed by atoms with Crippen LogP contribution in [-0.2, 0) is 9.47 Å². The fraction of sp³-hybridized carbons (Fsp3) is 1.00. The third-order valence-corrected chi connectivity index (χ3v) is 3.14. The number of rotatable bonds is 3. The highest BCUT2D eigenvalue weighted by Gasteiger charge is 2.31. The van der Waals surface area contributed by atoms with Crippen LogP contribution in [0.2, 0.25) is 0 Å². The topological polar surface area (TPSA) is 25.0 Å². The van der Waals surface area contributed by atoms with Crippen molar-refractivity contribution in [3.8, 4) is 0 Å². The van der Waals surface area contributed by atoms with Crippen molar-refractivity contribution in [2.24, 2.45) is 5.92 Å². The normalized spacial score (nSPS) is 40.6. The molecule has 3 nitrogen and oxygen atoms in total. The lowest BCUT2D eigenvalue weighted by atomic mass is 9.96. The molecular weight excluding hydrogens is 166 g/mol. The van der Waals surface area contributed by atoms with Gasteiger partial charge in [0.25, 0.3) is 0 Å². The molecule has 76 valence electrons. The maximum absolute atomic E-state index is 5.45. The fourth-order valence-electron chi connectivity index (χ4n) is 2.03.